The molecule has 5 nitrogen and oxygen atoms in total. The molecule has 5 heteroatoms. The molecule has 0 saturated carbocycles. The molecule has 1 atom stereocenters. The molecule has 0 radical (unpaired) electrons. The molecule has 0 saturated heterocycles. The van der Waals surface area contributed by atoms with Crippen molar-refractivity contribution >= 4 is 5.71 Å². The average molecular weight is 340 g/mol. The van der Waals surface area contributed by atoms with E-state index < -0.39 is 0 Å². The zero-order valence-electron chi connectivity index (χ0n) is 15.1. The first-order valence-corrected chi connectivity index (χ1v) is 8.46. The maximum atomic E-state index is 10.4. The molecule has 2 aromatic carbocycles. The lowest BCUT2D eigenvalue weighted by molar-refractivity contribution is 0.310. The van der Waals surface area contributed by atoms with Crippen LogP contribution in [-0.4, -0.2) is 24.5 Å². The summed E-state index contributed by atoms with van der Waals surface area (Å²) in [6, 6.07) is 9.90. The Hall–Kier alpha value is -2.69. The van der Waals surface area contributed by atoms with Crippen LogP contribution in [0.5, 0.6) is 17.2 Å². The Morgan fingerprint density at radius 2 is 2.00 bits per heavy atom. The molecule has 0 amide bonds. The Kier molecular flexibility index (Phi) is 4.83. The molecule has 132 valence electrons. The molecule has 1 heterocycles. The number of nitrogens with one attached hydrogen (secondary N) is 1. The molecule has 1 aliphatic rings. The van der Waals surface area contributed by atoms with Crippen LogP contribution in [-0.2, 0) is 0 Å². The van der Waals surface area contributed by atoms with Crippen molar-refractivity contribution < 1.29 is 14.6 Å². The summed E-state index contributed by atoms with van der Waals surface area (Å²) in [5.41, 5.74) is 7.88. The van der Waals surface area contributed by atoms with E-state index in [0.717, 1.165) is 33.7 Å². The van der Waals surface area contributed by atoms with Crippen LogP contribution in [0, 0.1) is 13.8 Å². The van der Waals surface area contributed by atoms with Crippen LogP contribution >= 0.6 is 0 Å². The summed E-state index contributed by atoms with van der Waals surface area (Å²) in [6.07, 6.45) is 0.702. The highest BCUT2D eigenvalue weighted by molar-refractivity contribution is 6.04. The minimum absolute atomic E-state index is 0.0415. The molecular weight excluding hydrogens is 316 g/mol. The van der Waals surface area contributed by atoms with E-state index >= 15 is 0 Å². The van der Waals surface area contributed by atoms with Gasteiger partial charge in [-0.3, -0.25) is 0 Å². The summed E-state index contributed by atoms with van der Waals surface area (Å²) in [6.45, 7) is 6.47. The van der Waals surface area contributed by atoms with Crippen molar-refractivity contribution in [2.45, 2.75) is 33.2 Å². The van der Waals surface area contributed by atoms with Gasteiger partial charge in [0, 0.05) is 12.0 Å². The fourth-order valence-electron chi connectivity index (χ4n) is 3.16. The van der Waals surface area contributed by atoms with Crippen LogP contribution in [0.25, 0.3) is 0 Å². The average Bonchev–Trinajstić information content (AvgIpc) is 3.08. The molecule has 0 spiro atoms. The first-order chi connectivity index (χ1) is 12.0. The highest BCUT2D eigenvalue weighted by Crippen LogP contribution is 2.34. The molecule has 2 aromatic rings. The van der Waals surface area contributed by atoms with Gasteiger partial charge in [-0.25, -0.2) is 0 Å². The lowest BCUT2D eigenvalue weighted by atomic mass is 9.96. The molecule has 25 heavy (non-hydrogen) atoms. The fraction of sp³-hybridized carbons (Fsp3) is 0.350. The van der Waals surface area contributed by atoms with E-state index in [1.807, 2.05) is 51.1 Å². The van der Waals surface area contributed by atoms with Crippen molar-refractivity contribution in [3.63, 3.8) is 0 Å². The van der Waals surface area contributed by atoms with Crippen LogP contribution in [0.2, 0.25) is 0 Å². The van der Waals surface area contributed by atoms with Crippen LogP contribution in [0.4, 0.5) is 0 Å². The van der Waals surface area contributed by atoms with Gasteiger partial charge < -0.3 is 20.0 Å². The number of ether oxygens (including phenoxy) is 2. The Morgan fingerprint density at radius 3 is 2.72 bits per heavy atom. The third-order valence-electron chi connectivity index (χ3n) is 4.40. The normalized spacial score (nSPS) is 16.3. The Bertz CT molecular complexity index is 815. The molecular formula is C20H24N2O3. The van der Waals surface area contributed by atoms with E-state index in [2.05, 4.69) is 10.5 Å². The van der Waals surface area contributed by atoms with Gasteiger partial charge in [-0.15, -0.1) is 0 Å². The van der Waals surface area contributed by atoms with E-state index in [9.17, 15) is 5.11 Å². The molecule has 1 aliphatic heterocycles. The van der Waals surface area contributed by atoms with E-state index in [1.165, 1.54) is 0 Å². The van der Waals surface area contributed by atoms with Crippen molar-refractivity contribution in [2.24, 2.45) is 5.10 Å². The minimum Gasteiger partial charge on any atom is -0.507 e. The van der Waals surface area contributed by atoms with E-state index in [4.69, 9.17) is 9.47 Å². The highest BCUT2D eigenvalue weighted by Gasteiger charge is 2.24. The minimum atomic E-state index is 0.0415. The lowest BCUT2D eigenvalue weighted by Gasteiger charge is -2.15. The number of benzene rings is 2. The van der Waals surface area contributed by atoms with Gasteiger partial charge in [0.25, 0.3) is 0 Å². The van der Waals surface area contributed by atoms with Crippen LogP contribution in [0.1, 0.15) is 41.6 Å². The zero-order chi connectivity index (χ0) is 18.0. The third kappa shape index (κ3) is 3.40. The number of phenols is 1. The molecule has 0 bridgehead atoms. The lowest BCUT2D eigenvalue weighted by Crippen LogP contribution is -2.10. The smallest absolute Gasteiger partial charge is 0.161 e. The Balaban J connectivity index is 1.83. The number of hydrogen-bond donors (Lipinski definition) is 2. The summed E-state index contributed by atoms with van der Waals surface area (Å²) in [7, 11) is 1.64. The topological polar surface area (TPSA) is 63.1 Å². The highest BCUT2D eigenvalue weighted by atomic mass is 16.5. The van der Waals surface area contributed by atoms with Gasteiger partial charge in [-0.1, -0.05) is 12.1 Å². The number of phenolic OH excluding ortho intramolecular Hbond substituents is 1. The standard InChI is InChI=1S/C20H24N2O3/c1-5-25-18-7-6-14(10-19(18)24-4)16-11-17(22-21-16)15-9-12(2)8-13(3)20(15)23/h6-10,16,21,23H,5,11H2,1-4H3/t16-/m1/s1. The zero-order valence-corrected chi connectivity index (χ0v) is 15.1. The first kappa shape index (κ1) is 17.1. The van der Waals surface area contributed by atoms with Crippen molar-refractivity contribution in [3.05, 3.63) is 52.6 Å². The summed E-state index contributed by atoms with van der Waals surface area (Å²) >= 11 is 0. The summed E-state index contributed by atoms with van der Waals surface area (Å²) in [4.78, 5) is 0. The van der Waals surface area contributed by atoms with Gasteiger partial charge in [-0.05, 0) is 55.7 Å². The number of hydrazone groups is 1. The molecule has 0 aromatic heterocycles. The quantitative estimate of drug-likeness (QED) is 0.868. The fourth-order valence-corrected chi connectivity index (χ4v) is 3.16. The largest absolute Gasteiger partial charge is 0.507 e. The second kappa shape index (κ2) is 7.05. The van der Waals surface area contributed by atoms with Gasteiger partial charge in [0.2, 0.25) is 0 Å². The van der Waals surface area contributed by atoms with E-state index in [1.54, 1.807) is 7.11 Å². The number of methoxy groups -OCH3 is 1. The maximum Gasteiger partial charge on any atom is 0.161 e. The van der Waals surface area contributed by atoms with Crippen molar-refractivity contribution in [1.82, 2.24) is 5.43 Å². The van der Waals surface area contributed by atoms with E-state index in [0.29, 0.717) is 24.5 Å². The second-order valence-corrected chi connectivity index (χ2v) is 6.27. The second-order valence-electron chi connectivity index (χ2n) is 6.27. The maximum absolute atomic E-state index is 10.4. The SMILES string of the molecule is CCOc1ccc([C@H]2CC(c3cc(C)cc(C)c3O)=NN2)cc1OC. The molecule has 0 unspecified atom stereocenters. The summed E-state index contributed by atoms with van der Waals surface area (Å²) < 4.78 is 11.0. The number of hydrogen-bond acceptors (Lipinski definition) is 5. The Morgan fingerprint density at radius 1 is 1.20 bits per heavy atom. The number of aryl methyl sites for hydroxylation is 2. The monoisotopic (exact) mass is 340 g/mol. The van der Waals surface area contributed by atoms with Crippen LogP contribution in [0.3, 0.4) is 0 Å². The van der Waals surface area contributed by atoms with Gasteiger partial charge in [0.15, 0.2) is 11.5 Å². The Labute approximate surface area is 148 Å². The number of rotatable bonds is 5. The third-order valence-corrected chi connectivity index (χ3v) is 4.40. The number of aromatic hydroxyl groups is 1. The van der Waals surface area contributed by atoms with E-state index in [-0.39, 0.29) is 6.04 Å². The molecule has 0 fully saturated rings. The van der Waals surface area contributed by atoms with Gasteiger partial charge in [0.05, 0.1) is 25.5 Å². The summed E-state index contributed by atoms with van der Waals surface area (Å²) in [5, 5.41) is 14.8. The molecule has 3 rings (SSSR count). The first-order valence-electron chi connectivity index (χ1n) is 8.46. The number of nitrogens with zero attached hydrogens (tertiary/aromatic N) is 1. The molecule has 0 aliphatic carbocycles. The predicted molar refractivity (Wildman–Crippen MR) is 98.8 cm³/mol. The predicted octanol–water partition coefficient (Wildman–Crippen LogP) is 3.86. The van der Waals surface area contributed by atoms with Gasteiger partial charge in [-0.2, -0.15) is 5.10 Å². The van der Waals surface area contributed by atoms with Crippen molar-refractivity contribution in [1.29, 1.82) is 0 Å². The van der Waals surface area contributed by atoms with Gasteiger partial charge in [0.1, 0.15) is 5.75 Å². The van der Waals surface area contributed by atoms with Crippen LogP contribution < -0.4 is 14.9 Å². The van der Waals surface area contributed by atoms with Crippen LogP contribution in [0.15, 0.2) is 35.4 Å². The van der Waals surface area contributed by atoms with Gasteiger partial charge >= 0.3 is 0 Å². The van der Waals surface area contributed by atoms with Crippen molar-refractivity contribution in [2.75, 3.05) is 13.7 Å². The molecule has 2 N–H and O–H groups in total. The van der Waals surface area contributed by atoms with Crippen molar-refractivity contribution in [3.8, 4) is 17.2 Å². The summed E-state index contributed by atoms with van der Waals surface area (Å²) in [5.74, 6) is 1.75.